The fourth-order valence-electron chi connectivity index (χ4n) is 0.335. The Morgan fingerprint density at radius 3 is 2.33 bits per heavy atom. The molecule has 1 fully saturated rings. The highest BCUT2D eigenvalue weighted by Gasteiger charge is 2.53. The molecule has 2 nitrogen and oxygen atoms in total. The number of ether oxygens (including phenoxy) is 1. The van der Waals surface area contributed by atoms with E-state index < -0.39 is 16.9 Å². The molecule has 0 aromatic rings. The summed E-state index contributed by atoms with van der Waals surface area (Å²) in [5.74, 6) is 0. The normalized spacial score (nSPS) is 32.3. The molecule has 0 N–H and O–H groups in total. The van der Waals surface area contributed by atoms with Gasteiger partial charge in [0.2, 0.25) is 0 Å². The molecule has 1 atom stereocenters. The second kappa shape index (κ2) is 1.80. The Balaban J connectivity index is 2.69. The van der Waals surface area contributed by atoms with Gasteiger partial charge in [0.05, 0.1) is 0 Å². The average Bonchev–Trinajstić information content (AvgIpc) is 1.79. The fraction of sp³-hybridized carbons (Fsp3) is 0.667. The zero-order chi connectivity index (χ0) is 7.07. The number of rotatable bonds is 0. The number of halogens is 3. The van der Waals surface area contributed by atoms with Crippen LogP contribution in [-0.4, -0.2) is 16.9 Å². The number of hydrogen-bond acceptors (Lipinski definition) is 3. The van der Waals surface area contributed by atoms with Crippen LogP contribution in [0.5, 0.6) is 0 Å². The number of alkyl halides is 3. The van der Waals surface area contributed by atoms with Crippen LogP contribution < -0.4 is 0 Å². The van der Waals surface area contributed by atoms with Gasteiger partial charge in [-0.1, -0.05) is 0 Å². The van der Waals surface area contributed by atoms with Crippen LogP contribution in [0.25, 0.3) is 0 Å². The first-order chi connectivity index (χ1) is 4.02. The van der Waals surface area contributed by atoms with Gasteiger partial charge in [0.1, 0.15) is 0 Å². The quantitative estimate of drug-likeness (QED) is 0.502. The lowest BCUT2D eigenvalue weighted by atomic mass is 10.7. The number of thioether (sulfide) groups is 1. The minimum absolute atomic E-state index is 0.150. The molecule has 1 heterocycles. The standard InChI is InChI=1S/C3HF3O2S/c4-1-3(5,6)8-2(7)9-1/h1H. The molecule has 0 saturated carbocycles. The van der Waals surface area contributed by atoms with Crippen molar-refractivity contribution in [2.75, 3.05) is 0 Å². The van der Waals surface area contributed by atoms with E-state index in [1.54, 1.807) is 0 Å². The third kappa shape index (κ3) is 1.12. The van der Waals surface area contributed by atoms with Crippen LogP contribution in [0, 0.1) is 0 Å². The minimum atomic E-state index is -3.93. The van der Waals surface area contributed by atoms with Crippen molar-refractivity contribution in [3.63, 3.8) is 0 Å². The molecule has 0 amide bonds. The molecular weight excluding hydrogens is 157 g/mol. The lowest BCUT2D eigenvalue weighted by Crippen LogP contribution is -2.23. The lowest BCUT2D eigenvalue weighted by Gasteiger charge is -2.05. The average molecular weight is 158 g/mol. The molecule has 1 aliphatic heterocycles. The highest BCUT2D eigenvalue weighted by Crippen LogP contribution is 2.39. The van der Waals surface area contributed by atoms with Gasteiger partial charge in [0.25, 0.3) is 5.50 Å². The van der Waals surface area contributed by atoms with E-state index in [1.807, 2.05) is 0 Å². The fourth-order valence-corrected chi connectivity index (χ4v) is 0.848. The van der Waals surface area contributed by atoms with E-state index in [2.05, 4.69) is 4.74 Å². The van der Waals surface area contributed by atoms with Crippen molar-refractivity contribution >= 4 is 17.1 Å². The van der Waals surface area contributed by atoms with Gasteiger partial charge in [0, 0.05) is 11.8 Å². The van der Waals surface area contributed by atoms with E-state index in [9.17, 15) is 18.0 Å². The summed E-state index contributed by atoms with van der Waals surface area (Å²) in [6, 6.07) is 0. The monoisotopic (exact) mass is 158 g/mol. The number of carbonyl (C=O) groups excluding carboxylic acids is 1. The number of hydrogen-bond donors (Lipinski definition) is 0. The first kappa shape index (κ1) is 6.73. The maximum Gasteiger partial charge on any atom is 0.443 e. The van der Waals surface area contributed by atoms with E-state index in [0.29, 0.717) is 0 Å². The van der Waals surface area contributed by atoms with Crippen LogP contribution in [0.1, 0.15) is 0 Å². The molecule has 1 rings (SSSR count). The molecule has 0 bridgehead atoms. The first-order valence-corrected chi connectivity index (χ1v) is 2.82. The maximum absolute atomic E-state index is 11.8. The molecular formula is C3HF3O2S. The van der Waals surface area contributed by atoms with Crippen LogP contribution in [-0.2, 0) is 4.74 Å². The van der Waals surface area contributed by atoms with Crippen LogP contribution in [0.4, 0.5) is 18.0 Å². The van der Waals surface area contributed by atoms with Gasteiger partial charge in [-0.2, -0.15) is 8.78 Å². The van der Waals surface area contributed by atoms with Crippen molar-refractivity contribution in [2.45, 2.75) is 11.6 Å². The van der Waals surface area contributed by atoms with Gasteiger partial charge < -0.3 is 4.74 Å². The van der Waals surface area contributed by atoms with Crippen molar-refractivity contribution < 1.29 is 22.7 Å². The maximum atomic E-state index is 11.8. The summed E-state index contributed by atoms with van der Waals surface area (Å²) in [5, 5.41) is -1.27. The topological polar surface area (TPSA) is 26.3 Å². The van der Waals surface area contributed by atoms with Crippen molar-refractivity contribution in [1.29, 1.82) is 0 Å². The van der Waals surface area contributed by atoms with Gasteiger partial charge in [-0.15, -0.1) is 0 Å². The summed E-state index contributed by atoms with van der Waals surface area (Å²) < 4.78 is 38.6. The van der Waals surface area contributed by atoms with Crippen molar-refractivity contribution in [3.8, 4) is 0 Å². The van der Waals surface area contributed by atoms with Crippen LogP contribution >= 0.6 is 11.8 Å². The molecule has 52 valence electrons. The molecule has 1 aliphatic rings. The summed E-state index contributed by atoms with van der Waals surface area (Å²) in [6.45, 7) is 0. The van der Waals surface area contributed by atoms with E-state index in [1.165, 1.54) is 0 Å². The van der Waals surface area contributed by atoms with Crippen molar-refractivity contribution in [1.82, 2.24) is 0 Å². The van der Waals surface area contributed by atoms with Crippen LogP contribution in [0.15, 0.2) is 0 Å². The molecule has 1 saturated heterocycles. The molecule has 0 aromatic carbocycles. The molecule has 0 spiro atoms. The third-order valence-corrected chi connectivity index (χ3v) is 1.44. The molecule has 9 heavy (non-hydrogen) atoms. The highest BCUT2D eigenvalue weighted by molar-refractivity contribution is 8.14. The number of carbonyl (C=O) groups is 1. The largest absolute Gasteiger partial charge is 0.443 e. The SMILES string of the molecule is O=C1OC(F)(F)C(F)S1. The number of cyclic esters (lactones) is 1. The Bertz CT molecular complexity index is 148. The highest BCUT2D eigenvalue weighted by atomic mass is 32.2. The third-order valence-electron chi connectivity index (χ3n) is 0.683. The summed E-state index contributed by atoms with van der Waals surface area (Å²) in [6.07, 6.45) is -3.93. The molecule has 6 heteroatoms. The second-order valence-electron chi connectivity index (χ2n) is 1.35. The van der Waals surface area contributed by atoms with Gasteiger partial charge >= 0.3 is 11.4 Å². The predicted octanol–water partition coefficient (Wildman–Crippen LogP) is 1.76. The van der Waals surface area contributed by atoms with E-state index in [0.717, 1.165) is 0 Å². The zero-order valence-corrected chi connectivity index (χ0v) is 4.75. The lowest BCUT2D eigenvalue weighted by molar-refractivity contribution is -0.203. The Morgan fingerprint density at radius 2 is 2.22 bits per heavy atom. The first-order valence-electron chi connectivity index (χ1n) is 1.94. The molecule has 0 aliphatic carbocycles. The molecule has 0 radical (unpaired) electrons. The van der Waals surface area contributed by atoms with Crippen molar-refractivity contribution in [3.05, 3.63) is 0 Å². The second-order valence-corrected chi connectivity index (χ2v) is 2.33. The van der Waals surface area contributed by atoms with Gasteiger partial charge in [-0.05, 0) is 0 Å². The van der Waals surface area contributed by atoms with Crippen LogP contribution in [0.3, 0.4) is 0 Å². The molecule has 0 aromatic heterocycles. The van der Waals surface area contributed by atoms with Gasteiger partial charge in [0.15, 0.2) is 0 Å². The summed E-state index contributed by atoms with van der Waals surface area (Å²) in [5.41, 5.74) is -2.55. The van der Waals surface area contributed by atoms with Gasteiger partial charge in [-0.25, -0.2) is 9.18 Å². The Hall–Kier alpha value is -0.390. The predicted molar refractivity (Wildman–Crippen MR) is 23.9 cm³/mol. The summed E-state index contributed by atoms with van der Waals surface area (Å²) >= 11 is -0.150. The van der Waals surface area contributed by atoms with Gasteiger partial charge in [-0.3, -0.25) is 0 Å². The Kier molecular flexibility index (Phi) is 1.34. The Morgan fingerprint density at radius 1 is 1.67 bits per heavy atom. The minimum Gasteiger partial charge on any atom is -0.389 e. The zero-order valence-electron chi connectivity index (χ0n) is 3.94. The smallest absolute Gasteiger partial charge is 0.389 e. The summed E-state index contributed by atoms with van der Waals surface area (Å²) in [4.78, 5) is 9.89. The van der Waals surface area contributed by atoms with E-state index >= 15 is 0 Å². The molecule has 1 unspecified atom stereocenters. The Labute approximate surface area is 52.4 Å². The van der Waals surface area contributed by atoms with E-state index in [-0.39, 0.29) is 11.8 Å². The summed E-state index contributed by atoms with van der Waals surface area (Å²) in [7, 11) is 0. The van der Waals surface area contributed by atoms with Crippen molar-refractivity contribution in [2.24, 2.45) is 0 Å². The van der Waals surface area contributed by atoms with E-state index in [4.69, 9.17) is 0 Å². The van der Waals surface area contributed by atoms with Crippen LogP contribution in [0.2, 0.25) is 0 Å².